The number of carbonyl (C=O) groups is 1. The summed E-state index contributed by atoms with van der Waals surface area (Å²) in [6.45, 7) is 6.29. The van der Waals surface area contributed by atoms with Crippen molar-refractivity contribution in [2.45, 2.75) is 58.0 Å². The Bertz CT molecular complexity index is 1040. The zero-order chi connectivity index (χ0) is 23.4. The maximum atomic E-state index is 13.2. The van der Waals surface area contributed by atoms with Crippen LogP contribution in [0.15, 0.2) is 40.8 Å². The van der Waals surface area contributed by atoms with Crippen molar-refractivity contribution in [2.24, 2.45) is 0 Å². The van der Waals surface area contributed by atoms with Crippen LogP contribution in [0.2, 0.25) is 0 Å². The molecule has 0 saturated carbocycles. The van der Waals surface area contributed by atoms with Crippen LogP contribution in [0.1, 0.15) is 56.8 Å². The van der Waals surface area contributed by atoms with Gasteiger partial charge in [0.2, 0.25) is 0 Å². The fourth-order valence-corrected chi connectivity index (χ4v) is 6.25. The van der Waals surface area contributed by atoms with Crippen LogP contribution in [0.5, 0.6) is 5.75 Å². The minimum absolute atomic E-state index is 0.0124. The molecule has 0 radical (unpaired) electrons. The number of anilines is 1. The number of benzene rings is 1. The molecule has 2 aromatic rings. The van der Waals surface area contributed by atoms with Crippen LogP contribution >= 0.6 is 0 Å². The molecule has 1 atom stereocenters. The minimum Gasteiger partial charge on any atom is -0.484 e. The minimum atomic E-state index is -3.13. The van der Waals surface area contributed by atoms with Crippen LogP contribution in [0, 0.1) is 0 Å². The van der Waals surface area contributed by atoms with Crippen molar-refractivity contribution in [1.29, 1.82) is 0 Å². The van der Waals surface area contributed by atoms with Gasteiger partial charge in [-0.1, -0.05) is 26.0 Å². The first-order valence-electron chi connectivity index (χ1n) is 11.9. The first-order valence-corrected chi connectivity index (χ1v) is 13.7. The molecule has 1 unspecified atom stereocenters. The van der Waals surface area contributed by atoms with E-state index < -0.39 is 9.84 Å². The van der Waals surface area contributed by atoms with E-state index in [0.29, 0.717) is 23.8 Å². The average Bonchev–Trinajstić information content (AvgIpc) is 3.42. The smallest absolute Gasteiger partial charge is 0.261 e. The summed E-state index contributed by atoms with van der Waals surface area (Å²) in [5.41, 5.74) is 1.20. The number of sulfone groups is 1. The Labute approximate surface area is 196 Å². The van der Waals surface area contributed by atoms with Crippen LogP contribution in [0.3, 0.4) is 0 Å². The summed E-state index contributed by atoms with van der Waals surface area (Å²) in [4.78, 5) is 17.0. The molecular weight excluding hydrogens is 440 g/mol. The summed E-state index contributed by atoms with van der Waals surface area (Å²) in [6, 6.07) is 11.2. The first-order chi connectivity index (χ1) is 15.8. The molecule has 0 bridgehead atoms. The normalized spacial score (nSPS) is 20.2. The molecule has 0 aliphatic carbocycles. The Balaban J connectivity index is 1.44. The third kappa shape index (κ3) is 6.10. The zero-order valence-corrected chi connectivity index (χ0v) is 20.4. The number of ether oxygens (including phenoxy) is 1. The van der Waals surface area contributed by atoms with Gasteiger partial charge in [-0.05, 0) is 55.4 Å². The van der Waals surface area contributed by atoms with Gasteiger partial charge in [0, 0.05) is 25.2 Å². The summed E-state index contributed by atoms with van der Waals surface area (Å²) in [6.07, 6.45) is 3.98. The molecule has 3 heterocycles. The van der Waals surface area contributed by atoms with Gasteiger partial charge < -0.3 is 19.0 Å². The third-order valence-electron chi connectivity index (χ3n) is 6.52. The van der Waals surface area contributed by atoms with Crippen molar-refractivity contribution in [1.82, 2.24) is 4.90 Å². The number of hydrogen-bond acceptors (Lipinski definition) is 6. The maximum absolute atomic E-state index is 13.2. The lowest BCUT2D eigenvalue weighted by atomic mass is 10.0. The number of nitrogens with zero attached hydrogens (tertiary/aromatic N) is 2. The zero-order valence-electron chi connectivity index (χ0n) is 19.5. The number of rotatable bonds is 8. The molecule has 1 aromatic heterocycles. The SMILES string of the molecule is CC(C)c1ccc(OCC(=O)N(Cc2ccc(N3CCCCC3)o2)C2CCS(=O)(=O)C2)cc1. The van der Waals surface area contributed by atoms with E-state index in [1.807, 2.05) is 36.4 Å². The Kier molecular flexibility index (Phi) is 7.32. The average molecular weight is 475 g/mol. The van der Waals surface area contributed by atoms with Gasteiger partial charge in [-0.15, -0.1) is 0 Å². The molecule has 0 spiro atoms. The predicted octanol–water partition coefficient (Wildman–Crippen LogP) is 3.99. The number of carbonyl (C=O) groups excluding carboxylic acids is 1. The molecule has 1 aromatic carbocycles. The van der Waals surface area contributed by atoms with Crippen molar-refractivity contribution in [2.75, 3.05) is 36.1 Å². The van der Waals surface area contributed by atoms with Crippen LogP contribution in [-0.2, 0) is 21.2 Å². The second-order valence-corrected chi connectivity index (χ2v) is 11.6. The van der Waals surface area contributed by atoms with Crippen LogP contribution < -0.4 is 9.64 Å². The summed E-state index contributed by atoms with van der Waals surface area (Å²) in [5, 5.41) is 0. The predicted molar refractivity (Wildman–Crippen MR) is 128 cm³/mol. The van der Waals surface area contributed by atoms with E-state index in [2.05, 4.69) is 18.7 Å². The second-order valence-electron chi connectivity index (χ2n) is 9.38. The van der Waals surface area contributed by atoms with E-state index in [4.69, 9.17) is 9.15 Å². The molecule has 2 aliphatic heterocycles. The monoisotopic (exact) mass is 474 g/mol. The number of amides is 1. The largest absolute Gasteiger partial charge is 0.484 e. The van der Waals surface area contributed by atoms with Crippen molar-refractivity contribution in [3.05, 3.63) is 47.7 Å². The fraction of sp³-hybridized carbons (Fsp3) is 0.560. The highest BCUT2D eigenvalue weighted by Gasteiger charge is 2.35. The molecule has 2 fully saturated rings. The highest BCUT2D eigenvalue weighted by molar-refractivity contribution is 7.91. The van der Waals surface area contributed by atoms with Crippen molar-refractivity contribution < 1.29 is 22.4 Å². The highest BCUT2D eigenvalue weighted by Crippen LogP contribution is 2.26. The van der Waals surface area contributed by atoms with E-state index in [0.717, 1.165) is 31.8 Å². The summed E-state index contributed by atoms with van der Waals surface area (Å²) in [5.74, 6) is 2.38. The molecule has 7 nitrogen and oxygen atoms in total. The standard InChI is InChI=1S/C25H34N2O5S/c1-19(2)20-6-8-22(9-7-20)31-17-24(28)27(21-12-15-33(29,30)18-21)16-23-10-11-25(32-23)26-13-4-3-5-14-26/h6-11,19,21H,3-5,12-18H2,1-2H3. The van der Waals surface area contributed by atoms with Gasteiger partial charge in [0.15, 0.2) is 22.3 Å². The van der Waals surface area contributed by atoms with Gasteiger partial charge >= 0.3 is 0 Å². The molecule has 33 heavy (non-hydrogen) atoms. The van der Waals surface area contributed by atoms with Crippen molar-refractivity contribution in [3.63, 3.8) is 0 Å². The van der Waals surface area contributed by atoms with Gasteiger partial charge in [0.1, 0.15) is 11.5 Å². The number of furan rings is 1. The first kappa shape index (κ1) is 23.7. The Hall–Kier alpha value is -2.48. The molecule has 1 amide bonds. The lowest BCUT2D eigenvalue weighted by Crippen LogP contribution is -2.43. The quantitative estimate of drug-likeness (QED) is 0.576. The molecule has 2 saturated heterocycles. The summed E-state index contributed by atoms with van der Waals surface area (Å²) < 4.78 is 36.0. The van der Waals surface area contributed by atoms with Crippen LogP contribution in [0.25, 0.3) is 0 Å². The molecule has 4 rings (SSSR count). The summed E-state index contributed by atoms with van der Waals surface area (Å²) in [7, 11) is -3.13. The van der Waals surface area contributed by atoms with Crippen molar-refractivity contribution in [3.8, 4) is 5.75 Å². The van der Waals surface area contributed by atoms with Crippen LogP contribution in [-0.4, -0.2) is 56.5 Å². The Morgan fingerprint density at radius 1 is 1.12 bits per heavy atom. The van der Waals surface area contributed by atoms with E-state index in [1.54, 1.807) is 4.90 Å². The number of hydrogen-bond donors (Lipinski definition) is 0. The van der Waals surface area contributed by atoms with E-state index >= 15 is 0 Å². The van der Waals surface area contributed by atoms with E-state index in [-0.39, 0.29) is 36.6 Å². The maximum Gasteiger partial charge on any atom is 0.261 e. The molecule has 0 N–H and O–H groups in total. The van der Waals surface area contributed by atoms with Gasteiger partial charge in [0.25, 0.3) is 5.91 Å². The van der Waals surface area contributed by atoms with Crippen LogP contribution in [0.4, 0.5) is 5.88 Å². The van der Waals surface area contributed by atoms with Gasteiger partial charge in [0.05, 0.1) is 18.1 Å². The lowest BCUT2D eigenvalue weighted by molar-refractivity contribution is -0.136. The molecular formula is C25H34N2O5S. The van der Waals surface area contributed by atoms with Gasteiger partial charge in [-0.3, -0.25) is 4.79 Å². The summed E-state index contributed by atoms with van der Waals surface area (Å²) >= 11 is 0. The van der Waals surface area contributed by atoms with Gasteiger partial charge in [-0.25, -0.2) is 8.42 Å². The van der Waals surface area contributed by atoms with E-state index in [9.17, 15) is 13.2 Å². The van der Waals surface area contributed by atoms with Crippen molar-refractivity contribution >= 4 is 21.6 Å². The lowest BCUT2D eigenvalue weighted by Gasteiger charge is -2.28. The third-order valence-corrected chi connectivity index (χ3v) is 8.27. The molecule has 2 aliphatic rings. The van der Waals surface area contributed by atoms with Gasteiger partial charge in [-0.2, -0.15) is 0 Å². The highest BCUT2D eigenvalue weighted by atomic mass is 32.2. The van der Waals surface area contributed by atoms with E-state index in [1.165, 1.54) is 12.0 Å². The topological polar surface area (TPSA) is 80.1 Å². The second kappa shape index (κ2) is 10.2. The Morgan fingerprint density at radius 2 is 1.85 bits per heavy atom. The fourth-order valence-electron chi connectivity index (χ4n) is 4.52. The Morgan fingerprint density at radius 3 is 2.48 bits per heavy atom. The molecule has 180 valence electrons. The number of piperidine rings is 1. The molecule has 8 heteroatoms.